The zero-order valence-electron chi connectivity index (χ0n) is 15.4. The van der Waals surface area contributed by atoms with E-state index in [9.17, 15) is 9.59 Å². The number of amides is 2. The summed E-state index contributed by atoms with van der Waals surface area (Å²) in [4.78, 5) is 23.8. The molecule has 0 spiro atoms. The summed E-state index contributed by atoms with van der Waals surface area (Å²) < 4.78 is 6.65. The normalized spacial score (nSPS) is 10.5. The molecule has 0 aromatic heterocycles. The zero-order valence-corrected chi connectivity index (χ0v) is 16.9. The molecule has 26 heavy (non-hydrogen) atoms. The molecule has 0 bridgehead atoms. The maximum absolute atomic E-state index is 12.1. The van der Waals surface area contributed by atoms with Gasteiger partial charge in [0, 0.05) is 21.8 Å². The van der Waals surface area contributed by atoms with Crippen molar-refractivity contribution in [2.75, 3.05) is 17.2 Å². The molecule has 0 aliphatic rings. The van der Waals surface area contributed by atoms with E-state index in [1.54, 1.807) is 24.3 Å². The third-order valence-corrected chi connectivity index (χ3v) is 4.19. The van der Waals surface area contributed by atoms with Gasteiger partial charge in [0.05, 0.1) is 0 Å². The van der Waals surface area contributed by atoms with Gasteiger partial charge in [-0.05, 0) is 61.4 Å². The summed E-state index contributed by atoms with van der Waals surface area (Å²) in [5.41, 5.74) is 3.27. The number of carbonyl (C=O) groups is 2. The van der Waals surface area contributed by atoms with Gasteiger partial charge in [-0.2, -0.15) is 0 Å². The molecule has 6 heteroatoms. The molecule has 0 aliphatic carbocycles. The quantitative estimate of drug-likeness (QED) is 0.715. The molecule has 2 aromatic carbocycles. The van der Waals surface area contributed by atoms with Crippen molar-refractivity contribution in [2.45, 2.75) is 27.7 Å². The molecule has 0 fully saturated rings. The lowest BCUT2D eigenvalue weighted by molar-refractivity contribution is -0.119. The van der Waals surface area contributed by atoms with Crippen LogP contribution in [0.3, 0.4) is 0 Å². The Morgan fingerprint density at radius 2 is 1.50 bits per heavy atom. The van der Waals surface area contributed by atoms with E-state index in [1.165, 1.54) is 0 Å². The molecular formula is C20H23BrN2O3. The Labute approximate surface area is 162 Å². The van der Waals surface area contributed by atoms with Crippen LogP contribution in [-0.2, 0) is 9.59 Å². The SMILES string of the molecule is Cc1cc(Br)cc(C)c1OCC(=O)Nc1ccc(NC(=O)C(C)C)cc1. The number of carbonyl (C=O) groups excluding carboxylic acids is 2. The fourth-order valence-corrected chi connectivity index (χ4v) is 3.07. The minimum atomic E-state index is -0.245. The second kappa shape index (κ2) is 8.85. The molecule has 0 radical (unpaired) electrons. The summed E-state index contributed by atoms with van der Waals surface area (Å²) in [6, 6.07) is 10.9. The first-order chi connectivity index (χ1) is 12.3. The first-order valence-electron chi connectivity index (χ1n) is 8.36. The molecule has 0 saturated carbocycles. The summed E-state index contributed by atoms with van der Waals surface area (Å²) in [7, 11) is 0. The first kappa shape index (κ1) is 20.0. The Bertz CT molecular complexity index is 778. The van der Waals surface area contributed by atoms with Crippen LogP contribution >= 0.6 is 15.9 Å². The molecule has 138 valence electrons. The lowest BCUT2D eigenvalue weighted by atomic mass is 10.1. The summed E-state index contributed by atoms with van der Waals surface area (Å²) in [6.45, 7) is 7.47. The third kappa shape index (κ3) is 5.59. The molecule has 5 nitrogen and oxygen atoms in total. The van der Waals surface area contributed by atoms with Crippen LogP contribution in [0.2, 0.25) is 0 Å². The highest BCUT2D eigenvalue weighted by molar-refractivity contribution is 9.10. The van der Waals surface area contributed by atoms with E-state index in [1.807, 2.05) is 39.8 Å². The van der Waals surface area contributed by atoms with Crippen molar-refractivity contribution in [3.05, 3.63) is 52.0 Å². The average Bonchev–Trinajstić information content (AvgIpc) is 2.55. The fourth-order valence-electron chi connectivity index (χ4n) is 2.38. The van der Waals surface area contributed by atoms with Gasteiger partial charge in [-0.1, -0.05) is 29.8 Å². The van der Waals surface area contributed by atoms with Crippen molar-refractivity contribution < 1.29 is 14.3 Å². The maximum Gasteiger partial charge on any atom is 0.262 e. The number of benzene rings is 2. The predicted octanol–water partition coefficient (Wildman–Crippen LogP) is 4.68. The lowest BCUT2D eigenvalue weighted by Crippen LogP contribution is -2.21. The molecule has 2 N–H and O–H groups in total. The van der Waals surface area contributed by atoms with Crippen LogP contribution < -0.4 is 15.4 Å². The van der Waals surface area contributed by atoms with E-state index < -0.39 is 0 Å². The van der Waals surface area contributed by atoms with Gasteiger partial charge in [0.2, 0.25) is 5.91 Å². The standard InChI is InChI=1S/C20H23BrN2O3/c1-12(2)20(25)23-17-7-5-16(6-8-17)22-18(24)11-26-19-13(3)9-15(21)10-14(19)4/h5-10,12H,11H2,1-4H3,(H,22,24)(H,23,25). The van der Waals surface area contributed by atoms with E-state index in [0.717, 1.165) is 21.3 Å². The number of ether oxygens (including phenoxy) is 1. The highest BCUT2D eigenvalue weighted by Crippen LogP contribution is 2.27. The van der Waals surface area contributed by atoms with E-state index in [2.05, 4.69) is 26.6 Å². The van der Waals surface area contributed by atoms with Crippen molar-refractivity contribution in [1.29, 1.82) is 0 Å². The number of hydrogen-bond donors (Lipinski definition) is 2. The zero-order chi connectivity index (χ0) is 19.3. The summed E-state index contributed by atoms with van der Waals surface area (Å²) >= 11 is 3.44. The Morgan fingerprint density at radius 1 is 1.00 bits per heavy atom. The van der Waals surface area contributed by atoms with E-state index >= 15 is 0 Å². The molecule has 0 heterocycles. The molecule has 0 atom stereocenters. The van der Waals surface area contributed by atoms with Crippen LogP contribution in [0, 0.1) is 19.8 Å². The number of hydrogen-bond acceptors (Lipinski definition) is 3. The highest BCUT2D eigenvalue weighted by atomic mass is 79.9. The second-order valence-corrected chi connectivity index (χ2v) is 7.34. The van der Waals surface area contributed by atoms with Gasteiger partial charge < -0.3 is 15.4 Å². The van der Waals surface area contributed by atoms with Gasteiger partial charge in [0.15, 0.2) is 6.61 Å². The van der Waals surface area contributed by atoms with Gasteiger partial charge in [-0.15, -0.1) is 0 Å². The summed E-state index contributed by atoms with van der Waals surface area (Å²) in [5.74, 6) is 0.341. The monoisotopic (exact) mass is 418 g/mol. The fraction of sp³-hybridized carbons (Fsp3) is 0.300. The van der Waals surface area contributed by atoms with Crippen LogP contribution in [-0.4, -0.2) is 18.4 Å². The second-order valence-electron chi connectivity index (χ2n) is 6.43. The number of halogens is 1. The smallest absolute Gasteiger partial charge is 0.262 e. The van der Waals surface area contributed by atoms with E-state index in [-0.39, 0.29) is 24.3 Å². The van der Waals surface area contributed by atoms with Gasteiger partial charge >= 0.3 is 0 Å². The molecule has 0 aliphatic heterocycles. The van der Waals surface area contributed by atoms with Gasteiger partial charge in [0.1, 0.15) is 5.75 Å². The van der Waals surface area contributed by atoms with Crippen LogP contribution in [0.5, 0.6) is 5.75 Å². The van der Waals surface area contributed by atoms with Gasteiger partial charge in [0.25, 0.3) is 5.91 Å². The van der Waals surface area contributed by atoms with Crippen LogP contribution in [0.1, 0.15) is 25.0 Å². The molecule has 2 rings (SSSR count). The van der Waals surface area contributed by atoms with Crippen LogP contribution in [0.4, 0.5) is 11.4 Å². The largest absolute Gasteiger partial charge is 0.483 e. The number of rotatable bonds is 6. The number of aryl methyl sites for hydroxylation is 2. The minimum absolute atomic E-state index is 0.0459. The molecule has 0 saturated heterocycles. The summed E-state index contributed by atoms with van der Waals surface area (Å²) in [5, 5.41) is 5.59. The Hall–Kier alpha value is -2.34. The molecule has 2 amide bonds. The Kier molecular flexibility index (Phi) is 6.80. The third-order valence-electron chi connectivity index (χ3n) is 3.73. The summed E-state index contributed by atoms with van der Waals surface area (Å²) in [6.07, 6.45) is 0. The Balaban J connectivity index is 1.91. The minimum Gasteiger partial charge on any atom is -0.483 e. The Morgan fingerprint density at radius 3 is 2.00 bits per heavy atom. The lowest BCUT2D eigenvalue weighted by Gasteiger charge is -2.13. The van der Waals surface area contributed by atoms with Crippen molar-refractivity contribution >= 4 is 39.1 Å². The predicted molar refractivity (Wildman–Crippen MR) is 108 cm³/mol. The van der Waals surface area contributed by atoms with Crippen LogP contribution in [0.15, 0.2) is 40.9 Å². The topological polar surface area (TPSA) is 67.4 Å². The van der Waals surface area contributed by atoms with E-state index in [0.29, 0.717) is 11.4 Å². The van der Waals surface area contributed by atoms with Crippen molar-refractivity contribution in [1.82, 2.24) is 0 Å². The molecule has 2 aromatic rings. The molecule has 0 unspecified atom stereocenters. The van der Waals surface area contributed by atoms with Gasteiger partial charge in [-0.3, -0.25) is 9.59 Å². The molecular weight excluding hydrogens is 396 g/mol. The average molecular weight is 419 g/mol. The van der Waals surface area contributed by atoms with Gasteiger partial charge in [-0.25, -0.2) is 0 Å². The first-order valence-corrected chi connectivity index (χ1v) is 9.16. The van der Waals surface area contributed by atoms with Crippen molar-refractivity contribution in [3.8, 4) is 5.75 Å². The van der Waals surface area contributed by atoms with E-state index in [4.69, 9.17) is 4.74 Å². The van der Waals surface area contributed by atoms with Crippen molar-refractivity contribution in [2.24, 2.45) is 5.92 Å². The number of nitrogens with one attached hydrogen (secondary N) is 2. The van der Waals surface area contributed by atoms with Crippen LogP contribution in [0.25, 0.3) is 0 Å². The number of anilines is 2. The maximum atomic E-state index is 12.1. The highest BCUT2D eigenvalue weighted by Gasteiger charge is 2.10. The van der Waals surface area contributed by atoms with Crippen molar-refractivity contribution in [3.63, 3.8) is 0 Å².